The number of rotatable bonds is 1. The van der Waals surface area contributed by atoms with Gasteiger partial charge in [0.25, 0.3) is 5.24 Å². The van der Waals surface area contributed by atoms with Gasteiger partial charge < -0.3 is 5.32 Å². The van der Waals surface area contributed by atoms with Crippen molar-refractivity contribution in [2.24, 2.45) is 0 Å². The summed E-state index contributed by atoms with van der Waals surface area (Å²) in [5, 5.41) is 2.47. The van der Waals surface area contributed by atoms with Crippen molar-refractivity contribution in [3.8, 4) is 0 Å². The maximum absolute atomic E-state index is 11.0. The predicted molar refractivity (Wildman–Crippen MR) is 70.8 cm³/mol. The van der Waals surface area contributed by atoms with Crippen LogP contribution in [0.4, 0.5) is 4.79 Å². The molecule has 0 aromatic heterocycles. The van der Waals surface area contributed by atoms with Gasteiger partial charge in [0.1, 0.15) is 4.99 Å². The van der Waals surface area contributed by atoms with Gasteiger partial charge in [-0.05, 0) is 35.5 Å². The Bertz CT molecular complexity index is 470. The molecular formula is C10H6BrNOS2. The lowest BCUT2D eigenvalue weighted by molar-refractivity contribution is 0.265. The van der Waals surface area contributed by atoms with Crippen molar-refractivity contribution in [1.29, 1.82) is 0 Å². The van der Waals surface area contributed by atoms with E-state index in [2.05, 4.69) is 21.2 Å². The zero-order valence-electron chi connectivity index (χ0n) is 7.49. The minimum Gasteiger partial charge on any atom is -0.307 e. The van der Waals surface area contributed by atoms with Gasteiger partial charge in [0.15, 0.2) is 0 Å². The fourth-order valence-corrected chi connectivity index (χ4v) is 2.62. The van der Waals surface area contributed by atoms with Gasteiger partial charge in [-0.1, -0.05) is 40.3 Å². The zero-order valence-corrected chi connectivity index (χ0v) is 10.7. The van der Waals surface area contributed by atoms with Crippen molar-refractivity contribution >= 4 is 56.2 Å². The van der Waals surface area contributed by atoms with Crippen LogP contribution in [-0.2, 0) is 0 Å². The van der Waals surface area contributed by atoms with Gasteiger partial charge in [0.2, 0.25) is 0 Å². The highest BCUT2D eigenvalue weighted by atomic mass is 79.9. The lowest BCUT2D eigenvalue weighted by atomic mass is 10.2. The standard InChI is InChI=1S/C10H6BrNOS2/c11-7-3-1-2-6(4-7)5-8-9(14)12-10(13)15-8/h1-5H,(H,12,13,14)/b8-5-. The van der Waals surface area contributed by atoms with Crippen molar-refractivity contribution in [2.45, 2.75) is 0 Å². The number of hydrogen-bond acceptors (Lipinski definition) is 3. The summed E-state index contributed by atoms with van der Waals surface area (Å²) < 4.78 is 1.00. The topological polar surface area (TPSA) is 29.1 Å². The molecule has 0 atom stereocenters. The summed E-state index contributed by atoms with van der Waals surface area (Å²) in [5.74, 6) is 0. The average Bonchev–Trinajstić information content (AvgIpc) is 2.45. The Hall–Kier alpha value is -0.650. The number of benzene rings is 1. The molecule has 5 heteroatoms. The van der Waals surface area contributed by atoms with E-state index in [4.69, 9.17) is 12.2 Å². The van der Waals surface area contributed by atoms with Gasteiger partial charge in [0.05, 0.1) is 4.91 Å². The van der Waals surface area contributed by atoms with E-state index in [1.54, 1.807) is 0 Å². The van der Waals surface area contributed by atoms with Gasteiger partial charge in [0, 0.05) is 4.47 Å². The number of halogens is 1. The SMILES string of the molecule is O=C1NC(=S)/C(=C/c2cccc(Br)c2)S1. The third-order valence-corrected chi connectivity index (χ3v) is 3.56. The monoisotopic (exact) mass is 299 g/mol. The Morgan fingerprint density at radius 3 is 2.87 bits per heavy atom. The Labute approximate surface area is 105 Å². The van der Waals surface area contributed by atoms with Crippen molar-refractivity contribution in [2.75, 3.05) is 0 Å². The molecule has 1 aliphatic rings. The van der Waals surface area contributed by atoms with Gasteiger partial charge in [-0.3, -0.25) is 4.79 Å². The molecule has 15 heavy (non-hydrogen) atoms. The van der Waals surface area contributed by atoms with E-state index in [1.807, 2.05) is 30.3 Å². The molecule has 0 spiro atoms. The molecule has 0 radical (unpaired) electrons. The van der Waals surface area contributed by atoms with Crippen LogP contribution in [0.2, 0.25) is 0 Å². The van der Waals surface area contributed by atoms with Crippen LogP contribution in [0.25, 0.3) is 6.08 Å². The summed E-state index contributed by atoms with van der Waals surface area (Å²) in [6.45, 7) is 0. The molecule has 1 aromatic rings. The molecule has 1 aliphatic heterocycles. The molecule has 1 amide bonds. The minimum absolute atomic E-state index is 0.110. The third kappa shape index (κ3) is 2.68. The summed E-state index contributed by atoms with van der Waals surface area (Å²) in [4.78, 5) is 12.3. The van der Waals surface area contributed by atoms with Crippen LogP contribution < -0.4 is 5.32 Å². The zero-order chi connectivity index (χ0) is 10.8. The number of amides is 1. The maximum Gasteiger partial charge on any atom is 0.289 e. The number of nitrogens with one attached hydrogen (secondary N) is 1. The van der Waals surface area contributed by atoms with Crippen LogP contribution in [0.15, 0.2) is 33.6 Å². The molecule has 0 bridgehead atoms. The van der Waals surface area contributed by atoms with E-state index >= 15 is 0 Å². The molecule has 76 valence electrons. The van der Waals surface area contributed by atoms with Crippen molar-refractivity contribution in [1.82, 2.24) is 5.32 Å². The third-order valence-electron chi connectivity index (χ3n) is 1.79. The first kappa shape index (κ1) is 10.9. The average molecular weight is 300 g/mol. The maximum atomic E-state index is 11.0. The quantitative estimate of drug-likeness (QED) is 0.635. The molecule has 1 N–H and O–H groups in total. The van der Waals surface area contributed by atoms with Crippen LogP contribution in [0, 0.1) is 0 Å². The van der Waals surface area contributed by atoms with Crippen LogP contribution >= 0.6 is 39.9 Å². The minimum atomic E-state index is -0.110. The van der Waals surface area contributed by atoms with Gasteiger partial charge in [-0.2, -0.15) is 0 Å². The Balaban J connectivity index is 2.31. The highest BCUT2D eigenvalue weighted by Gasteiger charge is 2.21. The summed E-state index contributed by atoms with van der Waals surface area (Å²) in [7, 11) is 0. The second-order valence-electron chi connectivity index (χ2n) is 2.91. The summed E-state index contributed by atoms with van der Waals surface area (Å²) in [6.07, 6.45) is 1.90. The molecule has 0 unspecified atom stereocenters. The molecule has 0 saturated carbocycles. The smallest absolute Gasteiger partial charge is 0.289 e. The molecule has 1 aromatic carbocycles. The second kappa shape index (κ2) is 4.47. The predicted octanol–water partition coefficient (Wildman–Crippen LogP) is 3.57. The van der Waals surface area contributed by atoms with Gasteiger partial charge >= 0.3 is 0 Å². The molecule has 1 heterocycles. The van der Waals surface area contributed by atoms with E-state index in [-0.39, 0.29) is 5.24 Å². The molecule has 2 rings (SSSR count). The first-order chi connectivity index (χ1) is 7.15. The van der Waals surface area contributed by atoms with Crippen LogP contribution in [0.5, 0.6) is 0 Å². The lowest BCUT2D eigenvalue weighted by Crippen LogP contribution is -2.15. The molecule has 1 saturated heterocycles. The highest BCUT2D eigenvalue weighted by Crippen LogP contribution is 2.27. The summed E-state index contributed by atoms with van der Waals surface area (Å²) in [6, 6.07) is 7.82. The first-order valence-corrected chi connectivity index (χ1v) is 6.17. The van der Waals surface area contributed by atoms with E-state index in [1.165, 1.54) is 0 Å². The number of thiocarbonyl (C=S) groups is 1. The van der Waals surface area contributed by atoms with E-state index in [0.717, 1.165) is 26.7 Å². The molecular weight excluding hydrogens is 294 g/mol. The second-order valence-corrected chi connectivity index (χ2v) is 5.25. The van der Waals surface area contributed by atoms with Crippen molar-refractivity contribution in [3.05, 3.63) is 39.2 Å². The van der Waals surface area contributed by atoms with Crippen LogP contribution in [0.1, 0.15) is 5.56 Å². The van der Waals surface area contributed by atoms with E-state index in [9.17, 15) is 4.79 Å². The van der Waals surface area contributed by atoms with Gasteiger partial charge in [-0.25, -0.2) is 0 Å². The number of thioether (sulfide) groups is 1. The van der Waals surface area contributed by atoms with Crippen molar-refractivity contribution < 1.29 is 4.79 Å². The number of carbonyl (C=O) groups is 1. The molecule has 0 aliphatic carbocycles. The Morgan fingerprint density at radius 1 is 1.47 bits per heavy atom. The first-order valence-electron chi connectivity index (χ1n) is 4.15. The fourth-order valence-electron chi connectivity index (χ4n) is 1.17. The number of carbonyl (C=O) groups excluding carboxylic acids is 1. The number of hydrogen-bond donors (Lipinski definition) is 1. The molecule has 1 fully saturated rings. The lowest BCUT2D eigenvalue weighted by Gasteiger charge is -1.96. The van der Waals surface area contributed by atoms with Crippen molar-refractivity contribution in [3.63, 3.8) is 0 Å². The van der Waals surface area contributed by atoms with Crippen LogP contribution in [-0.4, -0.2) is 10.2 Å². The van der Waals surface area contributed by atoms with E-state index < -0.39 is 0 Å². The largest absolute Gasteiger partial charge is 0.307 e. The summed E-state index contributed by atoms with van der Waals surface area (Å²) in [5.41, 5.74) is 1.02. The van der Waals surface area contributed by atoms with E-state index in [0.29, 0.717) is 4.99 Å². The van der Waals surface area contributed by atoms with Gasteiger partial charge in [-0.15, -0.1) is 0 Å². The Morgan fingerprint density at radius 2 is 2.27 bits per heavy atom. The normalized spacial score (nSPS) is 18.3. The Kier molecular flexibility index (Phi) is 3.23. The fraction of sp³-hybridized carbons (Fsp3) is 0. The summed E-state index contributed by atoms with van der Waals surface area (Å²) >= 11 is 9.53. The molecule has 2 nitrogen and oxygen atoms in total. The highest BCUT2D eigenvalue weighted by molar-refractivity contribution is 9.10. The van der Waals surface area contributed by atoms with Crippen LogP contribution in [0.3, 0.4) is 0 Å².